The molecule has 0 atom stereocenters. The predicted octanol–water partition coefficient (Wildman–Crippen LogP) is 3.82. The Morgan fingerprint density at radius 3 is 2.30 bits per heavy atom. The van der Waals surface area contributed by atoms with Crippen molar-refractivity contribution in [2.75, 3.05) is 0 Å². The van der Waals surface area contributed by atoms with Gasteiger partial charge in [0, 0.05) is 7.05 Å². The lowest BCUT2D eigenvalue weighted by Gasteiger charge is -2.03. The average Bonchev–Trinajstić information content (AvgIpc) is 2.79. The van der Waals surface area contributed by atoms with Gasteiger partial charge in [-0.25, -0.2) is 13.6 Å². The topological polar surface area (TPSA) is 39.8 Å². The molecule has 2 aromatic carbocycles. The van der Waals surface area contributed by atoms with Crippen LogP contribution < -0.4 is 5.69 Å². The Morgan fingerprint density at radius 1 is 1.04 bits per heavy atom. The minimum absolute atomic E-state index is 0.128. The van der Waals surface area contributed by atoms with Crippen molar-refractivity contribution in [3.8, 4) is 17.1 Å². The van der Waals surface area contributed by atoms with Crippen molar-refractivity contribution in [3.63, 3.8) is 0 Å². The van der Waals surface area contributed by atoms with Crippen molar-refractivity contribution in [1.82, 2.24) is 14.3 Å². The molecule has 4 nitrogen and oxygen atoms in total. The maximum absolute atomic E-state index is 13.9. The fraction of sp³-hybridized carbons (Fsp3) is 0.0667. The molecular weight excluding hydrogens is 347 g/mol. The first kappa shape index (κ1) is 15.7. The van der Waals surface area contributed by atoms with Gasteiger partial charge in [-0.2, -0.15) is 4.68 Å². The van der Waals surface area contributed by atoms with E-state index in [0.29, 0.717) is 10.7 Å². The minimum atomic E-state index is -0.806. The van der Waals surface area contributed by atoms with Crippen LogP contribution in [-0.2, 0) is 7.05 Å². The number of halogens is 4. The molecule has 3 rings (SSSR count). The third-order valence-corrected chi connectivity index (χ3v) is 4.05. The number of aromatic nitrogens is 3. The Bertz CT molecular complexity index is 946. The van der Waals surface area contributed by atoms with E-state index in [0.717, 1.165) is 21.4 Å². The second-order valence-corrected chi connectivity index (χ2v) is 5.59. The second kappa shape index (κ2) is 5.79. The number of hydrogen-bond acceptors (Lipinski definition) is 2. The quantitative estimate of drug-likeness (QED) is 0.700. The van der Waals surface area contributed by atoms with Crippen LogP contribution in [0.4, 0.5) is 8.78 Å². The Balaban J connectivity index is 2.24. The number of hydrogen-bond donors (Lipinski definition) is 0. The van der Waals surface area contributed by atoms with E-state index in [2.05, 4.69) is 5.10 Å². The Labute approximate surface area is 139 Å². The van der Waals surface area contributed by atoms with Gasteiger partial charge >= 0.3 is 5.69 Å². The first-order chi connectivity index (χ1) is 10.9. The molecule has 0 fully saturated rings. The number of rotatable bonds is 2. The monoisotopic (exact) mass is 355 g/mol. The van der Waals surface area contributed by atoms with Crippen LogP contribution in [0, 0.1) is 11.6 Å². The molecule has 0 N–H and O–H groups in total. The summed E-state index contributed by atoms with van der Waals surface area (Å²) >= 11 is 11.8. The second-order valence-electron chi connectivity index (χ2n) is 4.77. The summed E-state index contributed by atoms with van der Waals surface area (Å²) in [5, 5.41) is 4.58. The zero-order valence-corrected chi connectivity index (χ0v) is 13.2. The molecule has 118 valence electrons. The van der Waals surface area contributed by atoms with Crippen LogP contribution in [0.2, 0.25) is 10.0 Å². The van der Waals surface area contributed by atoms with Crippen molar-refractivity contribution >= 4 is 23.2 Å². The van der Waals surface area contributed by atoms with Crippen LogP contribution in [0.15, 0.2) is 41.2 Å². The molecule has 1 heterocycles. The summed E-state index contributed by atoms with van der Waals surface area (Å²) < 4.78 is 29.9. The van der Waals surface area contributed by atoms with Crippen LogP contribution in [0.25, 0.3) is 17.1 Å². The van der Waals surface area contributed by atoms with E-state index in [9.17, 15) is 13.6 Å². The van der Waals surface area contributed by atoms with Gasteiger partial charge in [-0.05, 0) is 30.3 Å². The van der Waals surface area contributed by atoms with Crippen molar-refractivity contribution in [2.45, 2.75) is 0 Å². The molecule has 0 unspecified atom stereocenters. The lowest BCUT2D eigenvalue weighted by Crippen LogP contribution is -2.21. The Kier molecular flexibility index (Phi) is 3.95. The molecule has 0 amide bonds. The van der Waals surface area contributed by atoms with E-state index < -0.39 is 17.3 Å². The molecular formula is C15H9Cl2F2N3O. The van der Waals surface area contributed by atoms with Gasteiger partial charge < -0.3 is 0 Å². The van der Waals surface area contributed by atoms with Gasteiger partial charge in [0.15, 0.2) is 5.82 Å². The summed E-state index contributed by atoms with van der Waals surface area (Å²) in [6, 6.07) is 7.91. The molecule has 23 heavy (non-hydrogen) atoms. The zero-order chi connectivity index (χ0) is 16.7. The average molecular weight is 356 g/mol. The predicted molar refractivity (Wildman–Crippen MR) is 84.2 cm³/mol. The molecule has 0 saturated heterocycles. The van der Waals surface area contributed by atoms with Crippen molar-refractivity contribution in [1.29, 1.82) is 0 Å². The highest BCUT2D eigenvalue weighted by Crippen LogP contribution is 2.26. The van der Waals surface area contributed by atoms with E-state index in [-0.39, 0.29) is 16.4 Å². The molecule has 0 aliphatic rings. The number of benzene rings is 2. The summed E-state index contributed by atoms with van der Waals surface area (Å²) in [6.07, 6.45) is 0. The van der Waals surface area contributed by atoms with Crippen molar-refractivity contribution in [2.24, 2.45) is 7.05 Å². The lowest BCUT2D eigenvalue weighted by atomic mass is 10.2. The van der Waals surface area contributed by atoms with E-state index in [1.807, 2.05) is 0 Å². The van der Waals surface area contributed by atoms with E-state index in [1.54, 1.807) is 0 Å². The SMILES string of the molecule is Cn1c(-c2c(F)cccc2F)nn(-c2ccc(Cl)c(Cl)c2)c1=O. The third kappa shape index (κ3) is 2.64. The molecule has 0 aliphatic carbocycles. The fourth-order valence-corrected chi connectivity index (χ4v) is 2.44. The first-order valence-corrected chi connectivity index (χ1v) is 7.21. The zero-order valence-electron chi connectivity index (χ0n) is 11.7. The van der Waals surface area contributed by atoms with Gasteiger partial charge in [0.2, 0.25) is 0 Å². The van der Waals surface area contributed by atoms with E-state index in [1.165, 1.54) is 31.3 Å². The van der Waals surface area contributed by atoms with Crippen molar-refractivity contribution in [3.05, 3.63) is 68.6 Å². The maximum Gasteiger partial charge on any atom is 0.350 e. The first-order valence-electron chi connectivity index (χ1n) is 6.46. The summed E-state index contributed by atoms with van der Waals surface area (Å²) in [5.41, 5.74) is -0.602. The molecule has 0 saturated carbocycles. The van der Waals surface area contributed by atoms with Crippen LogP contribution in [0.1, 0.15) is 0 Å². The van der Waals surface area contributed by atoms with Gasteiger partial charge in [0.25, 0.3) is 0 Å². The fourth-order valence-electron chi connectivity index (χ4n) is 2.15. The van der Waals surface area contributed by atoms with Gasteiger partial charge in [0.1, 0.15) is 11.6 Å². The normalized spacial score (nSPS) is 11.0. The molecule has 0 bridgehead atoms. The standard InChI is InChI=1S/C15H9Cl2F2N3O/c1-21-14(13-11(18)3-2-4-12(13)19)20-22(15(21)23)8-5-6-9(16)10(17)7-8/h2-7H,1H3. The Morgan fingerprint density at radius 2 is 1.70 bits per heavy atom. The van der Waals surface area contributed by atoms with Gasteiger partial charge in [-0.15, -0.1) is 5.10 Å². The lowest BCUT2D eigenvalue weighted by molar-refractivity contribution is 0.585. The summed E-state index contributed by atoms with van der Waals surface area (Å²) in [6.45, 7) is 0. The number of nitrogens with zero attached hydrogens (tertiary/aromatic N) is 3. The minimum Gasteiger partial charge on any atom is -0.278 e. The third-order valence-electron chi connectivity index (χ3n) is 3.31. The largest absolute Gasteiger partial charge is 0.350 e. The van der Waals surface area contributed by atoms with E-state index in [4.69, 9.17) is 23.2 Å². The highest BCUT2D eigenvalue weighted by atomic mass is 35.5. The van der Waals surface area contributed by atoms with Gasteiger partial charge in [-0.1, -0.05) is 29.3 Å². The summed E-state index contributed by atoms with van der Waals surface area (Å²) in [7, 11) is 1.38. The highest BCUT2D eigenvalue weighted by Gasteiger charge is 2.20. The maximum atomic E-state index is 13.9. The summed E-state index contributed by atoms with van der Waals surface area (Å²) in [4.78, 5) is 12.3. The molecule has 0 spiro atoms. The molecule has 0 radical (unpaired) electrons. The van der Waals surface area contributed by atoms with Crippen LogP contribution in [0.5, 0.6) is 0 Å². The van der Waals surface area contributed by atoms with E-state index >= 15 is 0 Å². The van der Waals surface area contributed by atoms with Crippen LogP contribution in [0.3, 0.4) is 0 Å². The molecule has 1 aromatic heterocycles. The van der Waals surface area contributed by atoms with Gasteiger partial charge in [0.05, 0.1) is 21.3 Å². The smallest absolute Gasteiger partial charge is 0.278 e. The highest BCUT2D eigenvalue weighted by molar-refractivity contribution is 6.42. The van der Waals surface area contributed by atoms with Crippen molar-refractivity contribution < 1.29 is 8.78 Å². The van der Waals surface area contributed by atoms with Crippen LogP contribution in [-0.4, -0.2) is 14.3 Å². The molecule has 3 aromatic rings. The molecule has 8 heteroatoms. The summed E-state index contributed by atoms with van der Waals surface area (Å²) in [5.74, 6) is -1.74. The van der Waals surface area contributed by atoms with Crippen LogP contribution >= 0.6 is 23.2 Å². The molecule has 0 aliphatic heterocycles. The van der Waals surface area contributed by atoms with Gasteiger partial charge in [-0.3, -0.25) is 4.57 Å². The Hall–Kier alpha value is -2.18.